The van der Waals surface area contributed by atoms with Crippen LogP contribution in [0.5, 0.6) is 0 Å². The van der Waals surface area contributed by atoms with Gasteiger partial charge >= 0.3 is 86.0 Å². The molecule has 88 valence electrons. The molecule has 0 N–H and O–H groups in total. The van der Waals surface area contributed by atoms with Crippen LogP contribution < -0.4 is 18.5 Å². The van der Waals surface area contributed by atoms with Crippen molar-refractivity contribution >= 4 is 0 Å². The summed E-state index contributed by atoms with van der Waals surface area (Å²) in [6.07, 6.45) is 0. The van der Waals surface area contributed by atoms with E-state index in [0.29, 0.717) is 6.07 Å². The first-order valence-electron chi connectivity index (χ1n) is 4.17. The summed E-state index contributed by atoms with van der Waals surface area (Å²) in [4.78, 5) is 0. The van der Waals surface area contributed by atoms with Crippen molar-refractivity contribution in [2.45, 2.75) is 19.8 Å². The van der Waals surface area contributed by atoms with Gasteiger partial charge in [0.1, 0.15) is 0 Å². The van der Waals surface area contributed by atoms with E-state index in [4.69, 9.17) is 0 Å². The molecule has 0 nitrogen and oxygen atoms in total. The van der Waals surface area contributed by atoms with Crippen molar-refractivity contribution in [2.24, 2.45) is 0 Å². The third kappa shape index (κ3) is 3.02. The van der Waals surface area contributed by atoms with Crippen molar-refractivity contribution in [2.75, 3.05) is 0 Å². The maximum absolute atomic E-state index is 12.6. The van der Waals surface area contributed by atoms with Gasteiger partial charge in [-0.3, -0.25) is 0 Å². The molecule has 1 rings (SSSR count). The molecule has 0 fully saturated rings. The summed E-state index contributed by atoms with van der Waals surface area (Å²) >= 11 is -10.3. The Morgan fingerprint density at radius 1 is 0.933 bits per heavy atom. The average Bonchev–Trinajstić information content (AvgIpc) is 2.00. The molecule has 6 heteroatoms. The molecule has 15 heavy (non-hydrogen) atoms. The first kappa shape index (κ1) is 12.7. The molecule has 0 aromatic heterocycles. The van der Waals surface area contributed by atoms with Crippen LogP contribution in [0.3, 0.4) is 0 Å². The Kier molecular flexibility index (Phi) is 2.39. The summed E-state index contributed by atoms with van der Waals surface area (Å²) in [5.41, 5.74) is -0.336. The zero-order chi connectivity index (χ0) is 12.0. The van der Waals surface area contributed by atoms with Gasteiger partial charge in [-0.1, -0.05) is 0 Å². The number of hydrogen-bond acceptors (Lipinski definition) is 0. The van der Waals surface area contributed by atoms with Gasteiger partial charge in [-0.15, -0.1) is 0 Å². The van der Waals surface area contributed by atoms with Gasteiger partial charge in [0.15, 0.2) is 0 Å². The summed E-state index contributed by atoms with van der Waals surface area (Å²) in [6, 6.07) is 3.89. The molecule has 1 aromatic carbocycles. The van der Waals surface area contributed by atoms with E-state index >= 15 is 0 Å². The van der Waals surface area contributed by atoms with E-state index in [-0.39, 0.29) is 5.56 Å². The minimum atomic E-state index is -10.3. The Labute approximate surface area is 86.1 Å². The molecular formula is C9H11F5I+. The second-order valence-corrected chi connectivity index (χ2v) is 9.86. The number of halogens is 6. The molecule has 0 amide bonds. The first-order chi connectivity index (χ1) is 6.41. The van der Waals surface area contributed by atoms with E-state index in [1.807, 2.05) is 0 Å². The second kappa shape index (κ2) is 2.83. The van der Waals surface area contributed by atoms with E-state index < -0.39 is 28.0 Å². The van der Waals surface area contributed by atoms with Crippen molar-refractivity contribution in [1.82, 2.24) is 0 Å². The number of rotatable bonds is 2. The van der Waals surface area contributed by atoms with Crippen LogP contribution in [0.15, 0.2) is 24.3 Å². The van der Waals surface area contributed by atoms with Crippen molar-refractivity contribution in [3.05, 3.63) is 33.4 Å². The van der Waals surface area contributed by atoms with Crippen molar-refractivity contribution in [1.29, 1.82) is 0 Å². The molecule has 0 aliphatic heterocycles. The summed E-state index contributed by atoms with van der Waals surface area (Å²) in [7, 11) is 0. The zero-order valence-corrected chi connectivity index (χ0v) is 10.3. The van der Waals surface area contributed by atoms with Crippen LogP contribution in [0, 0.1) is 3.57 Å². The third-order valence-electron chi connectivity index (χ3n) is 1.91. The number of hydrogen-bond donors (Lipinski definition) is 0. The Morgan fingerprint density at radius 2 is 1.40 bits per heavy atom. The van der Waals surface area contributed by atoms with Crippen LogP contribution in [0.2, 0.25) is 0 Å². The molecule has 0 aliphatic carbocycles. The Balaban J connectivity index is 3.54. The SMILES string of the molecule is CC(C)c1ccccc1[I+](F)(F)(F)(F)F. The van der Waals surface area contributed by atoms with Crippen molar-refractivity contribution in [3.63, 3.8) is 0 Å². The molecule has 0 aliphatic rings. The van der Waals surface area contributed by atoms with Crippen LogP contribution >= 0.6 is 0 Å². The minimum absolute atomic E-state index is 0.336. The van der Waals surface area contributed by atoms with Crippen LogP contribution in [-0.4, -0.2) is 0 Å². The van der Waals surface area contributed by atoms with Gasteiger partial charge in [-0.25, -0.2) is 0 Å². The average molecular weight is 341 g/mol. The van der Waals surface area contributed by atoms with E-state index in [1.54, 1.807) is 0 Å². The van der Waals surface area contributed by atoms with Gasteiger partial charge in [0.05, 0.1) is 0 Å². The molecule has 1 aromatic rings. The van der Waals surface area contributed by atoms with Crippen LogP contribution in [0.4, 0.5) is 14.3 Å². The summed E-state index contributed by atoms with van der Waals surface area (Å²) in [5, 5.41) is 0. The van der Waals surface area contributed by atoms with Gasteiger partial charge in [0.2, 0.25) is 0 Å². The summed E-state index contributed by atoms with van der Waals surface area (Å²) < 4.78 is 61.5. The molecule has 0 heterocycles. The fourth-order valence-electron chi connectivity index (χ4n) is 1.27. The summed E-state index contributed by atoms with van der Waals surface area (Å²) in [5.74, 6) is -0.577. The monoisotopic (exact) mass is 341 g/mol. The molecule has 0 atom stereocenters. The van der Waals surface area contributed by atoms with E-state index in [1.165, 1.54) is 19.9 Å². The molecular weight excluding hydrogens is 330 g/mol. The summed E-state index contributed by atoms with van der Waals surface area (Å²) in [6.45, 7) is 2.91. The molecule has 0 radical (unpaired) electrons. The zero-order valence-electron chi connectivity index (χ0n) is 8.15. The van der Waals surface area contributed by atoms with E-state index in [9.17, 15) is 14.3 Å². The third-order valence-corrected chi connectivity index (χ3v) is 5.09. The molecule has 0 bridgehead atoms. The van der Waals surface area contributed by atoms with Gasteiger partial charge in [0.25, 0.3) is 0 Å². The Morgan fingerprint density at radius 3 is 1.73 bits per heavy atom. The van der Waals surface area contributed by atoms with Crippen LogP contribution in [0.1, 0.15) is 25.3 Å². The Hall–Kier alpha value is -0.400. The topological polar surface area (TPSA) is 0 Å². The van der Waals surface area contributed by atoms with E-state index in [2.05, 4.69) is 0 Å². The van der Waals surface area contributed by atoms with Gasteiger partial charge in [-0.05, 0) is 0 Å². The maximum atomic E-state index is 12.6. The fourth-order valence-corrected chi connectivity index (χ4v) is 4.14. The predicted octanol–water partition coefficient (Wildman–Crippen LogP) is 1.63. The second-order valence-electron chi connectivity index (χ2n) is 3.57. The predicted molar refractivity (Wildman–Crippen MR) is 44.8 cm³/mol. The van der Waals surface area contributed by atoms with Crippen molar-refractivity contribution in [3.8, 4) is 0 Å². The van der Waals surface area contributed by atoms with Gasteiger partial charge in [0, 0.05) is 0 Å². The quantitative estimate of drug-likeness (QED) is 0.567. The van der Waals surface area contributed by atoms with Gasteiger partial charge < -0.3 is 0 Å². The van der Waals surface area contributed by atoms with E-state index in [0.717, 1.165) is 12.1 Å². The molecule has 0 spiro atoms. The standard InChI is InChI=1S/C9H11F5I/c1-7(2)8-5-3-4-6-9(8)15(10,11,12,13)14/h3-7H,1-2H3/q+1. The van der Waals surface area contributed by atoms with Crippen molar-refractivity contribution < 1.29 is 32.8 Å². The Bertz CT molecular complexity index is 378. The number of benzene rings is 1. The molecule has 0 saturated heterocycles. The molecule has 0 saturated carbocycles. The molecule has 0 unspecified atom stereocenters. The first-order valence-corrected chi connectivity index (χ1v) is 9.33. The fraction of sp³-hybridized carbons (Fsp3) is 0.333. The van der Waals surface area contributed by atoms with Crippen LogP contribution in [0.25, 0.3) is 0 Å². The normalized spacial score (nSPS) is 17.3. The van der Waals surface area contributed by atoms with Crippen LogP contribution in [-0.2, 0) is 0 Å². The van der Waals surface area contributed by atoms with Gasteiger partial charge in [-0.2, -0.15) is 0 Å².